The van der Waals surface area contributed by atoms with Gasteiger partial charge in [-0.3, -0.25) is 10.1 Å². The van der Waals surface area contributed by atoms with Gasteiger partial charge in [0.15, 0.2) is 0 Å². The number of carbonyl (C=O) groups is 3. The van der Waals surface area contributed by atoms with Crippen LogP contribution in [0.25, 0.3) is 0 Å². The summed E-state index contributed by atoms with van der Waals surface area (Å²) in [5.74, 6) is 3.30. The first kappa shape index (κ1) is 20.5. The SMILES string of the molecule is CC(C)(C)OC(=O)Nc1ccc(C#Cc2ccc(NC(=O)C(=O)O)cc2)cc1. The van der Waals surface area contributed by atoms with Crippen molar-refractivity contribution >= 4 is 29.3 Å². The number of hydrogen-bond donors (Lipinski definition) is 3. The van der Waals surface area contributed by atoms with E-state index in [1.54, 1.807) is 69.3 Å². The van der Waals surface area contributed by atoms with Gasteiger partial charge in [0.05, 0.1) is 0 Å². The first-order chi connectivity index (χ1) is 13.1. The van der Waals surface area contributed by atoms with Crippen LogP contribution in [0.15, 0.2) is 48.5 Å². The molecule has 2 aromatic carbocycles. The molecule has 0 unspecified atom stereocenters. The van der Waals surface area contributed by atoms with Gasteiger partial charge in [-0.15, -0.1) is 0 Å². The van der Waals surface area contributed by atoms with Crippen LogP contribution in [-0.4, -0.2) is 28.7 Å². The number of carboxylic acids is 1. The summed E-state index contributed by atoms with van der Waals surface area (Å²) in [4.78, 5) is 33.3. The van der Waals surface area contributed by atoms with Gasteiger partial charge < -0.3 is 15.2 Å². The van der Waals surface area contributed by atoms with Crippen molar-refractivity contribution in [3.8, 4) is 11.8 Å². The van der Waals surface area contributed by atoms with Crippen LogP contribution in [-0.2, 0) is 14.3 Å². The fourth-order valence-corrected chi connectivity index (χ4v) is 2.02. The highest BCUT2D eigenvalue weighted by Crippen LogP contribution is 2.13. The number of ether oxygens (including phenoxy) is 1. The molecular weight excluding hydrogens is 360 g/mol. The molecule has 0 radical (unpaired) electrons. The maximum Gasteiger partial charge on any atom is 0.412 e. The lowest BCUT2D eigenvalue weighted by Crippen LogP contribution is -2.27. The molecule has 28 heavy (non-hydrogen) atoms. The van der Waals surface area contributed by atoms with Crippen molar-refractivity contribution < 1.29 is 24.2 Å². The Morgan fingerprint density at radius 3 is 1.64 bits per heavy atom. The van der Waals surface area contributed by atoms with E-state index in [1.165, 1.54) is 0 Å². The molecule has 2 amide bonds. The topological polar surface area (TPSA) is 105 Å². The van der Waals surface area contributed by atoms with E-state index in [4.69, 9.17) is 9.84 Å². The number of benzene rings is 2. The zero-order valence-electron chi connectivity index (χ0n) is 15.7. The average Bonchev–Trinajstić information content (AvgIpc) is 2.60. The largest absolute Gasteiger partial charge is 0.474 e. The minimum atomic E-state index is -1.55. The molecule has 0 aromatic heterocycles. The smallest absolute Gasteiger partial charge is 0.412 e. The van der Waals surface area contributed by atoms with Gasteiger partial charge in [0.25, 0.3) is 0 Å². The quantitative estimate of drug-likeness (QED) is 0.547. The molecule has 7 nitrogen and oxygen atoms in total. The van der Waals surface area contributed by atoms with E-state index in [-0.39, 0.29) is 0 Å². The van der Waals surface area contributed by atoms with Gasteiger partial charge in [-0.2, -0.15) is 0 Å². The van der Waals surface area contributed by atoms with Gasteiger partial charge in [-0.25, -0.2) is 9.59 Å². The third-order valence-corrected chi connectivity index (χ3v) is 3.22. The van der Waals surface area contributed by atoms with Crippen LogP contribution in [0.5, 0.6) is 0 Å². The summed E-state index contributed by atoms with van der Waals surface area (Å²) in [6.45, 7) is 5.37. The number of rotatable bonds is 2. The van der Waals surface area contributed by atoms with E-state index in [1.807, 2.05) is 0 Å². The Morgan fingerprint density at radius 2 is 1.25 bits per heavy atom. The fourth-order valence-electron chi connectivity index (χ4n) is 2.02. The summed E-state index contributed by atoms with van der Waals surface area (Å²) < 4.78 is 5.19. The van der Waals surface area contributed by atoms with Crippen molar-refractivity contribution in [2.24, 2.45) is 0 Å². The Hall–Kier alpha value is -3.79. The molecule has 2 rings (SSSR count). The van der Waals surface area contributed by atoms with Crippen molar-refractivity contribution in [2.75, 3.05) is 10.6 Å². The molecule has 0 spiro atoms. The van der Waals surface area contributed by atoms with E-state index in [2.05, 4.69) is 22.5 Å². The second-order valence-corrected chi connectivity index (χ2v) is 6.79. The zero-order valence-corrected chi connectivity index (χ0v) is 15.7. The summed E-state index contributed by atoms with van der Waals surface area (Å²) in [6, 6.07) is 13.4. The summed E-state index contributed by atoms with van der Waals surface area (Å²) in [5, 5.41) is 13.5. The molecule has 2 aromatic rings. The van der Waals surface area contributed by atoms with Crippen molar-refractivity contribution in [2.45, 2.75) is 26.4 Å². The highest BCUT2D eigenvalue weighted by Gasteiger charge is 2.16. The zero-order chi connectivity index (χ0) is 20.7. The lowest BCUT2D eigenvalue weighted by molar-refractivity contribution is -0.147. The number of hydrogen-bond acceptors (Lipinski definition) is 4. The lowest BCUT2D eigenvalue weighted by Gasteiger charge is -2.19. The average molecular weight is 380 g/mol. The predicted molar refractivity (Wildman–Crippen MR) is 105 cm³/mol. The molecular formula is C21H20N2O5. The molecule has 144 valence electrons. The monoisotopic (exact) mass is 380 g/mol. The Morgan fingerprint density at radius 1 is 0.821 bits per heavy atom. The molecule has 0 aliphatic carbocycles. The predicted octanol–water partition coefficient (Wildman–Crippen LogP) is 3.46. The third kappa shape index (κ3) is 6.84. The van der Waals surface area contributed by atoms with Gasteiger partial charge in [0.1, 0.15) is 5.60 Å². The molecule has 0 fully saturated rings. The van der Waals surface area contributed by atoms with Crippen LogP contribution in [0.2, 0.25) is 0 Å². The minimum absolute atomic E-state index is 0.371. The number of anilines is 2. The number of carbonyl (C=O) groups excluding carboxylic acids is 2. The van der Waals surface area contributed by atoms with E-state index in [9.17, 15) is 14.4 Å². The first-order valence-electron chi connectivity index (χ1n) is 8.39. The van der Waals surface area contributed by atoms with E-state index >= 15 is 0 Å². The maximum absolute atomic E-state index is 11.7. The van der Waals surface area contributed by atoms with Crippen molar-refractivity contribution in [3.05, 3.63) is 59.7 Å². The van der Waals surface area contributed by atoms with Gasteiger partial charge in [0, 0.05) is 22.5 Å². The summed E-state index contributed by atoms with van der Waals surface area (Å²) in [5.41, 5.74) is 1.85. The Bertz CT molecular complexity index is 930. The summed E-state index contributed by atoms with van der Waals surface area (Å²) in [6.07, 6.45) is -0.526. The molecule has 7 heteroatoms. The summed E-state index contributed by atoms with van der Waals surface area (Å²) >= 11 is 0. The van der Waals surface area contributed by atoms with Gasteiger partial charge in [-0.1, -0.05) is 11.8 Å². The molecule has 0 atom stereocenters. The van der Waals surface area contributed by atoms with Crippen LogP contribution >= 0.6 is 0 Å². The van der Waals surface area contributed by atoms with Crippen LogP contribution < -0.4 is 10.6 Å². The highest BCUT2D eigenvalue weighted by atomic mass is 16.6. The normalized spacial score (nSPS) is 10.2. The number of carboxylic acid groups (broad SMARTS) is 1. The Labute approximate surface area is 162 Å². The third-order valence-electron chi connectivity index (χ3n) is 3.22. The summed E-state index contributed by atoms with van der Waals surface area (Å²) in [7, 11) is 0. The number of amides is 2. The lowest BCUT2D eigenvalue weighted by atomic mass is 10.1. The Balaban J connectivity index is 1.97. The first-order valence-corrected chi connectivity index (χ1v) is 8.39. The van der Waals surface area contributed by atoms with Gasteiger partial charge in [-0.05, 0) is 69.3 Å². The van der Waals surface area contributed by atoms with Gasteiger partial charge in [0.2, 0.25) is 0 Å². The van der Waals surface area contributed by atoms with Crippen LogP contribution in [0.4, 0.5) is 16.2 Å². The molecule has 0 heterocycles. The van der Waals surface area contributed by atoms with E-state index in [0.717, 1.165) is 5.56 Å². The van der Waals surface area contributed by atoms with Crippen molar-refractivity contribution in [3.63, 3.8) is 0 Å². The molecule has 0 aliphatic rings. The van der Waals surface area contributed by atoms with Crippen molar-refractivity contribution in [1.82, 2.24) is 0 Å². The van der Waals surface area contributed by atoms with Crippen LogP contribution in [0.3, 0.4) is 0 Å². The van der Waals surface area contributed by atoms with Gasteiger partial charge >= 0.3 is 18.0 Å². The fraction of sp³-hybridized carbons (Fsp3) is 0.190. The number of aliphatic carboxylic acids is 1. The highest BCUT2D eigenvalue weighted by molar-refractivity contribution is 6.36. The van der Waals surface area contributed by atoms with Crippen LogP contribution in [0, 0.1) is 11.8 Å². The molecule has 0 saturated heterocycles. The molecule has 3 N–H and O–H groups in total. The molecule has 0 aliphatic heterocycles. The molecule has 0 bridgehead atoms. The van der Waals surface area contributed by atoms with E-state index in [0.29, 0.717) is 16.9 Å². The molecule has 0 saturated carbocycles. The van der Waals surface area contributed by atoms with Crippen molar-refractivity contribution in [1.29, 1.82) is 0 Å². The van der Waals surface area contributed by atoms with E-state index < -0.39 is 23.6 Å². The second-order valence-electron chi connectivity index (χ2n) is 6.79. The Kier molecular flexibility index (Phi) is 6.40. The standard InChI is InChI=1S/C21H20N2O5/c1-21(2,3)28-20(27)23-17-12-8-15(9-13-17)5-4-14-6-10-16(11-7-14)22-18(24)19(25)26/h6-13H,1-3H3,(H,22,24)(H,23,27)(H,25,26). The second kappa shape index (κ2) is 8.73. The minimum Gasteiger partial charge on any atom is -0.474 e. The van der Waals surface area contributed by atoms with Crippen LogP contribution in [0.1, 0.15) is 31.9 Å². The maximum atomic E-state index is 11.7. The number of nitrogens with one attached hydrogen (secondary N) is 2.